The van der Waals surface area contributed by atoms with Gasteiger partial charge in [-0.05, 0) is 59.3 Å². The normalized spacial score (nSPS) is 23.8. The van der Waals surface area contributed by atoms with E-state index in [1.165, 1.54) is 32.1 Å². The van der Waals surface area contributed by atoms with E-state index < -0.39 is 10.8 Å². The van der Waals surface area contributed by atoms with E-state index in [1.54, 1.807) is 0 Å². The molecular weight excluding hydrogens is 421 g/mol. The number of guanidine groups is 1. The van der Waals surface area contributed by atoms with Crippen LogP contribution >= 0.6 is 24.0 Å². The molecule has 138 valence electrons. The van der Waals surface area contributed by atoms with E-state index in [2.05, 4.69) is 29.5 Å². The van der Waals surface area contributed by atoms with Crippen LogP contribution in [0.3, 0.4) is 0 Å². The largest absolute Gasteiger partial charge is 0.357 e. The molecule has 0 saturated heterocycles. The molecule has 0 bridgehead atoms. The van der Waals surface area contributed by atoms with E-state index in [1.807, 2.05) is 20.8 Å². The van der Waals surface area contributed by atoms with Crippen LogP contribution in [-0.2, 0) is 10.8 Å². The van der Waals surface area contributed by atoms with E-state index in [4.69, 9.17) is 0 Å². The summed E-state index contributed by atoms with van der Waals surface area (Å²) >= 11 is 0. The maximum Gasteiger partial charge on any atom is 0.191 e. The first-order chi connectivity index (χ1) is 10.4. The molecule has 1 aliphatic carbocycles. The Labute approximate surface area is 162 Å². The summed E-state index contributed by atoms with van der Waals surface area (Å²) in [5.74, 6) is 2.42. The lowest BCUT2D eigenvalue weighted by Gasteiger charge is -2.29. The Morgan fingerprint density at radius 2 is 1.78 bits per heavy atom. The third-order valence-corrected chi connectivity index (χ3v) is 6.26. The van der Waals surface area contributed by atoms with Crippen LogP contribution in [0.25, 0.3) is 0 Å². The Morgan fingerprint density at radius 1 is 1.17 bits per heavy atom. The number of nitrogens with zero attached hydrogens (tertiary/aromatic N) is 1. The van der Waals surface area contributed by atoms with E-state index in [0.717, 1.165) is 18.4 Å². The lowest BCUT2D eigenvalue weighted by Crippen LogP contribution is -2.45. The maximum absolute atomic E-state index is 12.1. The van der Waals surface area contributed by atoms with E-state index in [9.17, 15) is 4.21 Å². The third kappa shape index (κ3) is 9.27. The highest BCUT2D eigenvalue weighted by Crippen LogP contribution is 2.26. The van der Waals surface area contributed by atoms with Crippen molar-refractivity contribution in [2.75, 3.05) is 18.8 Å². The Balaban J connectivity index is 0.00000484. The first-order valence-corrected chi connectivity index (χ1v) is 10.1. The molecule has 0 spiro atoms. The highest BCUT2D eigenvalue weighted by atomic mass is 127. The highest BCUT2D eigenvalue weighted by molar-refractivity contribution is 14.0. The van der Waals surface area contributed by atoms with Gasteiger partial charge in [0.15, 0.2) is 5.96 Å². The summed E-state index contributed by atoms with van der Waals surface area (Å²) in [4.78, 5) is 4.60. The van der Waals surface area contributed by atoms with Crippen LogP contribution in [0.2, 0.25) is 0 Å². The lowest BCUT2D eigenvalue weighted by molar-refractivity contribution is 0.304. The van der Waals surface area contributed by atoms with Crippen LogP contribution in [0.15, 0.2) is 4.99 Å². The highest BCUT2D eigenvalue weighted by Gasteiger charge is 2.21. The van der Waals surface area contributed by atoms with Gasteiger partial charge >= 0.3 is 0 Å². The molecule has 0 aliphatic heterocycles. The van der Waals surface area contributed by atoms with Crippen molar-refractivity contribution in [2.24, 2.45) is 10.9 Å². The van der Waals surface area contributed by atoms with Crippen LogP contribution in [0, 0.1) is 5.92 Å². The standard InChI is InChI=1S/C17H35N3OS.HI/c1-6-14-8-10-15(11-9-14)20-16(18-7-2)19-12-13-22(21)17(3,4)5;/h14-15H,6-13H2,1-5H3,(H2,18,19,20);1H. The maximum atomic E-state index is 12.1. The van der Waals surface area contributed by atoms with Gasteiger partial charge in [-0.15, -0.1) is 24.0 Å². The van der Waals surface area contributed by atoms with Gasteiger partial charge in [-0.25, -0.2) is 0 Å². The molecule has 4 nitrogen and oxygen atoms in total. The average Bonchev–Trinajstić information content (AvgIpc) is 2.47. The quantitative estimate of drug-likeness (QED) is 0.364. The van der Waals surface area contributed by atoms with Gasteiger partial charge in [0, 0.05) is 33.9 Å². The molecule has 0 aromatic carbocycles. The van der Waals surface area contributed by atoms with Crippen molar-refractivity contribution in [1.82, 2.24) is 10.6 Å². The molecule has 0 aromatic heterocycles. The fourth-order valence-electron chi connectivity index (χ4n) is 2.77. The zero-order valence-corrected chi connectivity index (χ0v) is 18.6. The molecule has 1 fully saturated rings. The van der Waals surface area contributed by atoms with Crippen LogP contribution in [0.1, 0.15) is 66.7 Å². The Hall–Kier alpha value is 0.150. The topological polar surface area (TPSA) is 53.5 Å². The van der Waals surface area contributed by atoms with Gasteiger partial charge < -0.3 is 10.6 Å². The molecule has 1 rings (SSSR count). The van der Waals surface area contributed by atoms with Crippen molar-refractivity contribution in [2.45, 2.75) is 77.5 Å². The van der Waals surface area contributed by atoms with Crippen LogP contribution in [0.4, 0.5) is 0 Å². The van der Waals surface area contributed by atoms with Crippen LogP contribution in [-0.4, -0.2) is 39.8 Å². The SMILES string of the molecule is CCNC(=NCCS(=O)C(C)(C)C)NC1CCC(CC)CC1.I. The molecule has 23 heavy (non-hydrogen) atoms. The number of hydrogen-bond donors (Lipinski definition) is 2. The monoisotopic (exact) mass is 457 g/mol. The van der Waals surface area contributed by atoms with Gasteiger partial charge in [0.25, 0.3) is 0 Å². The summed E-state index contributed by atoms with van der Waals surface area (Å²) in [6.07, 6.45) is 6.41. The Kier molecular flexibility index (Phi) is 11.7. The molecule has 1 unspecified atom stereocenters. The van der Waals surface area contributed by atoms with Crippen molar-refractivity contribution < 1.29 is 4.21 Å². The minimum absolute atomic E-state index is 0. The fourth-order valence-corrected chi connectivity index (χ4v) is 3.64. The molecule has 0 aromatic rings. The van der Waals surface area contributed by atoms with Gasteiger partial charge in [-0.1, -0.05) is 13.3 Å². The summed E-state index contributed by atoms with van der Waals surface area (Å²) in [5, 5.41) is 6.86. The molecule has 0 heterocycles. The third-order valence-electron chi connectivity index (χ3n) is 4.34. The molecule has 2 N–H and O–H groups in total. The molecule has 1 saturated carbocycles. The summed E-state index contributed by atoms with van der Waals surface area (Å²) in [5.41, 5.74) is 0. The second-order valence-electron chi connectivity index (χ2n) is 7.19. The zero-order chi connectivity index (χ0) is 16.6. The number of halogens is 1. The first kappa shape index (κ1) is 23.1. The second kappa shape index (κ2) is 11.7. The van der Waals surface area contributed by atoms with Gasteiger partial charge in [-0.2, -0.15) is 0 Å². The lowest BCUT2D eigenvalue weighted by atomic mass is 9.84. The summed E-state index contributed by atoms with van der Waals surface area (Å²) < 4.78 is 11.9. The zero-order valence-electron chi connectivity index (χ0n) is 15.5. The smallest absolute Gasteiger partial charge is 0.191 e. The number of nitrogens with one attached hydrogen (secondary N) is 2. The van der Waals surface area contributed by atoms with Crippen LogP contribution < -0.4 is 10.6 Å². The Morgan fingerprint density at radius 3 is 2.26 bits per heavy atom. The number of hydrogen-bond acceptors (Lipinski definition) is 2. The minimum atomic E-state index is -0.833. The van der Waals surface area contributed by atoms with Gasteiger partial charge in [0.05, 0.1) is 6.54 Å². The van der Waals surface area contributed by atoms with E-state index >= 15 is 0 Å². The van der Waals surface area contributed by atoms with E-state index in [-0.39, 0.29) is 28.7 Å². The van der Waals surface area contributed by atoms with E-state index in [0.29, 0.717) is 18.3 Å². The Bertz CT molecular complexity index is 375. The van der Waals surface area contributed by atoms with Crippen molar-refractivity contribution in [3.63, 3.8) is 0 Å². The van der Waals surface area contributed by atoms with Crippen molar-refractivity contribution in [3.05, 3.63) is 0 Å². The average molecular weight is 457 g/mol. The summed E-state index contributed by atoms with van der Waals surface area (Å²) in [7, 11) is -0.833. The minimum Gasteiger partial charge on any atom is -0.357 e. The molecule has 6 heteroatoms. The van der Waals surface area contributed by atoms with Crippen molar-refractivity contribution >= 4 is 40.7 Å². The summed E-state index contributed by atoms with van der Waals surface area (Å²) in [6, 6.07) is 0.536. The van der Waals surface area contributed by atoms with Gasteiger partial charge in [0.1, 0.15) is 0 Å². The van der Waals surface area contributed by atoms with Crippen molar-refractivity contribution in [3.8, 4) is 0 Å². The summed E-state index contributed by atoms with van der Waals surface area (Å²) in [6.45, 7) is 11.9. The molecule has 1 aliphatic rings. The van der Waals surface area contributed by atoms with Crippen molar-refractivity contribution in [1.29, 1.82) is 0 Å². The molecule has 0 radical (unpaired) electrons. The predicted molar refractivity (Wildman–Crippen MR) is 113 cm³/mol. The van der Waals surface area contributed by atoms with Gasteiger partial charge in [-0.3, -0.25) is 9.20 Å². The second-order valence-corrected chi connectivity index (χ2v) is 9.52. The number of aliphatic imine (C=N–C) groups is 1. The fraction of sp³-hybridized carbons (Fsp3) is 0.941. The predicted octanol–water partition coefficient (Wildman–Crippen LogP) is 3.68. The van der Waals surface area contributed by atoms with Crippen LogP contribution in [0.5, 0.6) is 0 Å². The molecular formula is C17H36IN3OS. The molecule has 1 atom stereocenters. The molecule has 0 amide bonds. The number of rotatable bonds is 6. The van der Waals surface area contributed by atoms with Gasteiger partial charge in [0.2, 0.25) is 0 Å². The first-order valence-electron chi connectivity index (χ1n) is 8.80.